The number of halogens is 1. The zero-order chi connectivity index (χ0) is 13.7. The number of nitrogens with zero attached hydrogens (tertiary/aromatic N) is 1. The lowest BCUT2D eigenvalue weighted by atomic mass is 9.84. The molecule has 1 saturated carbocycles. The average Bonchev–Trinajstić information content (AvgIpc) is 2.41. The number of nitrogens with one attached hydrogen (secondary N) is 1. The molecule has 1 amide bonds. The molecule has 0 radical (unpaired) electrons. The first-order valence-corrected chi connectivity index (χ1v) is 7.17. The summed E-state index contributed by atoms with van der Waals surface area (Å²) >= 11 is 0. The molecule has 1 fully saturated rings. The number of aromatic nitrogens is 1. The number of pyridine rings is 1. The lowest BCUT2D eigenvalue weighted by molar-refractivity contribution is -0.121. The van der Waals surface area contributed by atoms with Gasteiger partial charge in [-0.25, -0.2) is 0 Å². The molecule has 1 aromatic heterocycles. The highest BCUT2D eigenvalue weighted by Gasteiger charge is 2.22. The van der Waals surface area contributed by atoms with E-state index >= 15 is 0 Å². The fourth-order valence-electron chi connectivity index (χ4n) is 2.78. The first kappa shape index (κ1) is 16.8. The fourth-order valence-corrected chi connectivity index (χ4v) is 2.78. The van der Waals surface area contributed by atoms with E-state index in [1.165, 1.54) is 19.3 Å². The van der Waals surface area contributed by atoms with Gasteiger partial charge < -0.3 is 11.1 Å². The summed E-state index contributed by atoms with van der Waals surface area (Å²) in [6.45, 7) is 2.23. The van der Waals surface area contributed by atoms with Crippen LogP contribution in [0.2, 0.25) is 0 Å². The minimum Gasteiger partial charge on any atom is -0.397 e. The summed E-state index contributed by atoms with van der Waals surface area (Å²) in [5.41, 5.74) is 6.97. The average molecular weight is 298 g/mol. The molecule has 1 aliphatic carbocycles. The van der Waals surface area contributed by atoms with Gasteiger partial charge >= 0.3 is 0 Å². The Morgan fingerprint density at radius 1 is 1.45 bits per heavy atom. The van der Waals surface area contributed by atoms with E-state index in [1.54, 1.807) is 12.3 Å². The third-order valence-electron chi connectivity index (χ3n) is 3.91. The molecule has 3 N–H and O–H groups in total. The van der Waals surface area contributed by atoms with Crippen LogP contribution in [-0.4, -0.2) is 16.9 Å². The molecule has 0 spiro atoms. The highest BCUT2D eigenvalue weighted by atomic mass is 35.5. The Balaban J connectivity index is 0.00000200. The zero-order valence-electron chi connectivity index (χ0n) is 12.0. The SMILES string of the molecule is CCC1CCCC(NC(=O)Cc2ccc(N)cn2)C1.Cl. The lowest BCUT2D eigenvalue weighted by Crippen LogP contribution is -2.39. The molecule has 1 aromatic rings. The first-order valence-electron chi connectivity index (χ1n) is 7.17. The second kappa shape index (κ2) is 8.10. The molecule has 2 rings (SSSR count). The number of anilines is 1. The second-order valence-corrected chi connectivity index (χ2v) is 5.46. The first-order chi connectivity index (χ1) is 9.17. The summed E-state index contributed by atoms with van der Waals surface area (Å²) in [7, 11) is 0. The Hall–Kier alpha value is -1.29. The number of amides is 1. The van der Waals surface area contributed by atoms with Crippen LogP contribution < -0.4 is 11.1 Å². The minimum absolute atomic E-state index is 0. The normalized spacial score (nSPS) is 21.9. The van der Waals surface area contributed by atoms with Gasteiger partial charge in [0.1, 0.15) is 0 Å². The van der Waals surface area contributed by atoms with Crippen molar-refractivity contribution in [2.75, 3.05) is 5.73 Å². The molecule has 2 atom stereocenters. The van der Waals surface area contributed by atoms with Crippen molar-refractivity contribution in [2.45, 2.75) is 51.5 Å². The van der Waals surface area contributed by atoms with Crippen LogP contribution in [-0.2, 0) is 11.2 Å². The van der Waals surface area contributed by atoms with Gasteiger partial charge in [-0.3, -0.25) is 9.78 Å². The van der Waals surface area contributed by atoms with Crippen molar-refractivity contribution < 1.29 is 4.79 Å². The zero-order valence-corrected chi connectivity index (χ0v) is 12.8. The van der Waals surface area contributed by atoms with Gasteiger partial charge in [0, 0.05) is 11.7 Å². The quantitative estimate of drug-likeness (QED) is 0.898. The Kier molecular flexibility index (Phi) is 6.79. The number of nitrogens with two attached hydrogens (primary N) is 1. The van der Waals surface area contributed by atoms with Crippen molar-refractivity contribution in [1.29, 1.82) is 0 Å². The molecule has 20 heavy (non-hydrogen) atoms. The maximum atomic E-state index is 12.0. The van der Waals surface area contributed by atoms with E-state index in [2.05, 4.69) is 17.2 Å². The molecule has 0 saturated heterocycles. The van der Waals surface area contributed by atoms with Gasteiger partial charge in [-0.05, 0) is 30.9 Å². The van der Waals surface area contributed by atoms with E-state index in [-0.39, 0.29) is 18.3 Å². The minimum atomic E-state index is 0. The van der Waals surface area contributed by atoms with Gasteiger partial charge in [0.2, 0.25) is 5.91 Å². The van der Waals surface area contributed by atoms with Crippen molar-refractivity contribution in [2.24, 2.45) is 5.92 Å². The van der Waals surface area contributed by atoms with E-state index in [4.69, 9.17) is 5.73 Å². The number of carbonyl (C=O) groups is 1. The van der Waals surface area contributed by atoms with E-state index in [0.717, 1.165) is 24.5 Å². The Labute approximate surface area is 126 Å². The summed E-state index contributed by atoms with van der Waals surface area (Å²) in [5.74, 6) is 0.840. The van der Waals surface area contributed by atoms with Crippen molar-refractivity contribution in [3.63, 3.8) is 0 Å². The van der Waals surface area contributed by atoms with E-state index in [0.29, 0.717) is 18.2 Å². The van der Waals surface area contributed by atoms with Gasteiger partial charge in [-0.1, -0.05) is 26.2 Å². The number of nitrogen functional groups attached to an aromatic ring is 1. The lowest BCUT2D eigenvalue weighted by Gasteiger charge is -2.29. The standard InChI is InChI=1S/C15H23N3O.ClH/c1-2-11-4-3-5-14(8-11)18-15(19)9-13-7-6-12(16)10-17-13;/h6-7,10-11,14H,2-5,8-9,16H2,1H3,(H,18,19);1H. The summed E-state index contributed by atoms with van der Waals surface area (Å²) in [5, 5.41) is 3.14. The molecule has 1 aliphatic rings. The monoisotopic (exact) mass is 297 g/mol. The van der Waals surface area contributed by atoms with Crippen LogP contribution in [0.15, 0.2) is 18.3 Å². The predicted octanol–water partition coefficient (Wildman–Crippen LogP) is 2.71. The third kappa shape index (κ3) is 5.00. The van der Waals surface area contributed by atoms with Crippen molar-refractivity contribution in [1.82, 2.24) is 10.3 Å². The predicted molar refractivity (Wildman–Crippen MR) is 83.8 cm³/mol. The Bertz CT molecular complexity index is 422. The molecular formula is C15H24ClN3O. The molecule has 112 valence electrons. The topological polar surface area (TPSA) is 68.0 Å². The summed E-state index contributed by atoms with van der Waals surface area (Å²) in [4.78, 5) is 16.1. The molecule has 0 bridgehead atoms. The van der Waals surface area contributed by atoms with Gasteiger partial charge in [0.05, 0.1) is 18.3 Å². The van der Waals surface area contributed by atoms with Crippen LogP contribution in [0, 0.1) is 5.92 Å². The van der Waals surface area contributed by atoms with Crippen LogP contribution in [0.3, 0.4) is 0 Å². The van der Waals surface area contributed by atoms with E-state index in [1.807, 2.05) is 6.07 Å². The van der Waals surface area contributed by atoms with Crippen molar-refractivity contribution in [3.05, 3.63) is 24.0 Å². The maximum absolute atomic E-state index is 12.0. The van der Waals surface area contributed by atoms with E-state index < -0.39 is 0 Å². The molecule has 1 heterocycles. The molecule has 0 aromatic carbocycles. The highest BCUT2D eigenvalue weighted by molar-refractivity contribution is 5.85. The summed E-state index contributed by atoms with van der Waals surface area (Å²) < 4.78 is 0. The molecule has 5 heteroatoms. The maximum Gasteiger partial charge on any atom is 0.226 e. The number of hydrogen-bond acceptors (Lipinski definition) is 3. The smallest absolute Gasteiger partial charge is 0.226 e. The molecule has 2 unspecified atom stereocenters. The third-order valence-corrected chi connectivity index (χ3v) is 3.91. The number of carbonyl (C=O) groups excluding carboxylic acids is 1. The number of hydrogen-bond donors (Lipinski definition) is 2. The second-order valence-electron chi connectivity index (χ2n) is 5.46. The largest absolute Gasteiger partial charge is 0.397 e. The Morgan fingerprint density at radius 3 is 2.90 bits per heavy atom. The van der Waals surface area contributed by atoms with Crippen LogP contribution in [0.25, 0.3) is 0 Å². The molecule has 0 aliphatic heterocycles. The van der Waals surface area contributed by atoms with Gasteiger partial charge in [-0.15, -0.1) is 12.4 Å². The van der Waals surface area contributed by atoms with Crippen LogP contribution in [0.4, 0.5) is 5.69 Å². The van der Waals surface area contributed by atoms with Gasteiger partial charge in [0.15, 0.2) is 0 Å². The van der Waals surface area contributed by atoms with Gasteiger partial charge in [0.25, 0.3) is 0 Å². The summed E-state index contributed by atoms with van der Waals surface area (Å²) in [6, 6.07) is 3.94. The molecular weight excluding hydrogens is 274 g/mol. The van der Waals surface area contributed by atoms with E-state index in [9.17, 15) is 4.79 Å². The molecule has 4 nitrogen and oxygen atoms in total. The van der Waals surface area contributed by atoms with Crippen molar-refractivity contribution >= 4 is 24.0 Å². The summed E-state index contributed by atoms with van der Waals surface area (Å²) in [6.07, 6.45) is 7.91. The van der Waals surface area contributed by atoms with Gasteiger partial charge in [-0.2, -0.15) is 0 Å². The highest BCUT2D eigenvalue weighted by Crippen LogP contribution is 2.26. The Morgan fingerprint density at radius 2 is 2.25 bits per heavy atom. The fraction of sp³-hybridized carbons (Fsp3) is 0.600. The van der Waals surface area contributed by atoms with Crippen molar-refractivity contribution in [3.8, 4) is 0 Å². The van der Waals surface area contributed by atoms with Crippen LogP contribution in [0.5, 0.6) is 0 Å². The van der Waals surface area contributed by atoms with Crippen LogP contribution in [0.1, 0.15) is 44.7 Å². The van der Waals surface area contributed by atoms with Crippen LogP contribution >= 0.6 is 12.4 Å². The number of rotatable bonds is 4.